The second-order valence-electron chi connectivity index (χ2n) is 8.27. The van der Waals surface area contributed by atoms with Gasteiger partial charge in [0.2, 0.25) is 0 Å². The predicted octanol–water partition coefficient (Wildman–Crippen LogP) is 6.17. The van der Waals surface area contributed by atoms with E-state index >= 15 is 0 Å². The van der Waals surface area contributed by atoms with Gasteiger partial charge >= 0.3 is 0 Å². The van der Waals surface area contributed by atoms with E-state index in [1.54, 1.807) is 45.9 Å². The summed E-state index contributed by atoms with van der Waals surface area (Å²) in [5.41, 5.74) is 0.332. The largest absolute Gasteiger partial charge is 0.354 e. The first-order chi connectivity index (χ1) is 13.4. The number of benzene rings is 2. The summed E-state index contributed by atoms with van der Waals surface area (Å²) >= 11 is 12.0. The van der Waals surface area contributed by atoms with Crippen LogP contribution in [0, 0.1) is 5.82 Å². The Bertz CT molecular complexity index is 985. The van der Waals surface area contributed by atoms with Crippen molar-refractivity contribution >= 4 is 34.8 Å². The minimum Gasteiger partial charge on any atom is -0.354 e. The molecule has 0 atom stereocenters. The van der Waals surface area contributed by atoms with E-state index in [1.807, 2.05) is 13.0 Å². The molecular weight excluding hydrogens is 414 g/mol. The molecule has 0 bridgehead atoms. The van der Waals surface area contributed by atoms with Gasteiger partial charge in [0.05, 0.1) is 10.0 Å². The molecule has 29 heavy (non-hydrogen) atoms. The van der Waals surface area contributed by atoms with Crippen LogP contribution in [-0.2, 0) is 20.7 Å². The third-order valence-electron chi connectivity index (χ3n) is 5.41. The predicted molar refractivity (Wildman–Crippen MR) is 113 cm³/mol. The lowest BCUT2D eigenvalue weighted by atomic mass is 9.73. The van der Waals surface area contributed by atoms with Crippen molar-refractivity contribution in [3.05, 3.63) is 57.3 Å². The minimum absolute atomic E-state index is 0.0672. The highest BCUT2D eigenvalue weighted by Crippen LogP contribution is 2.41. The number of halogens is 3. The first kappa shape index (κ1) is 21.9. The Hall–Kier alpha value is -1.75. The van der Waals surface area contributed by atoms with Crippen LogP contribution in [0.25, 0.3) is 11.1 Å². The van der Waals surface area contributed by atoms with Crippen molar-refractivity contribution in [2.24, 2.45) is 0 Å². The van der Waals surface area contributed by atoms with E-state index in [0.717, 1.165) is 5.56 Å². The highest BCUT2D eigenvalue weighted by molar-refractivity contribution is 6.36. The molecule has 2 aromatic carbocycles. The van der Waals surface area contributed by atoms with Crippen LogP contribution >= 0.6 is 23.2 Å². The van der Waals surface area contributed by atoms with Crippen molar-refractivity contribution in [2.75, 3.05) is 0 Å². The Labute approximate surface area is 180 Å². The third-order valence-corrected chi connectivity index (χ3v) is 6.07. The van der Waals surface area contributed by atoms with Crippen molar-refractivity contribution in [3.8, 4) is 11.1 Å². The number of Topliss-reactive ketones (excluding diaryl/α,β-unsaturated/α-hetero) is 2. The maximum absolute atomic E-state index is 14.2. The van der Waals surface area contributed by atoms with Crippen LogP contribution in [-0.4, -0.2) is 22.8 Å². The average Bonchev–Trinajstić information content (AvgIpc) is 2.64. The molecule has 1 heterocycles. The van der Waals surface area contributed by atoms with Crippen molar-refractivity contribution in [1.82, 2.24) is 0 Å². The van der Waals surface area contributed by atoms with Crippen LogP contribution in [0.5, 0.6) is 0 Å². The summed E-state index contributed by atoms with van der Waals surface area (Å²) in [6, 6.07) is 8.47. The van der Waals surface area contributed by atoms with E-state index < -0.39 is 22.9 Å². The van der Waals surface area contributed by atoms with E-state index in [9.17, 15) is 14.0 Å². The highest BCUT2D eigenvalue weighted by atomic mass is 35.5. The molecule has 0 aliphatic carbocycles. The quantitative estimate of drug-likeness (QED) is 0.426. The standard InChI is InChI=1S/C23H23Cl2FO3/c1-6-12-7-8-13(14-9-10-16(24)19(26)18(14)25)11-15(12)17-20(27)22(2,3)29-23(4,5)21(17)28/h7-11,17H,6H2,1-5H3. The molecule has 0 radical (unpaired) electrons. The average molecular weight is 437 g/mol. The maximum atomic E-state index is 14.2. The Morgan fingerprint density at radius 1 is 1.00 bits per heavy atom. The molecule has 6 heteroatoms. The molecule has 0 amide bonds. The number of rotatable bonds is 3. The molecule has 0 aromatic heterocycles. The summed E-state index contributed by atoms with van der Waals surface area (Å²) in [5.74, 6) is -2.24. The zero-order valence-electron chi connectivity index (χ0n) is 17.0. The minimum atomic E-state index is -1.10. The maximum Gasteiger partial charge on any atom is 0.179 e. The van der Waals surface area contributed by atoms with Gasteiger partial charge < -0.3 is 4.74 Å². The Kier molecular flexibility index (Phi) is 5.67. The summed E-state index contributed by atoms with van der Waals surface area (Å²) in [6.45, 7) is 8.67. The molecule has 0 spiro atoms. The lowest BCUT2D eigenvalue weighted by molar-refractivity contribution is -0.184. The van der Waals surface area contributed by atoms with E-state index in [4.69, 9.17) is 27.9 Å². The van der Waals surface area contributed by atoms with E-state index in [2.05, 4.69) is 0 Å². The molecule has 3 nitrogen and oxygen atoms in total. The number of hydrogen-bond acceptors (Lipinski definition) is 3. The van der Waals surface area contributed by atoms with Gasteiger partial charge in [0.15, 0.2) is 17.4 Å². The second-order valence-corrected chi connectivity index (χ2v) is 9.06. The zero-order valence-corrected chi connectivity index (χ0v) is 18.5. The molecular formula is C23H23Cl2FO3. The summed E-state index contributed by atoms with van der Waals surface area (Å²) in [5, 5.41) is -0.166. The number of aryl methyl sites for hydroxylation is 1. The molecule has 1 fully saturated rings. The molecule has 1 aliphatic heterocycles. The highest BCUT2D eigenvalue weighted by Gasteiger charge is 2.53. The fourth-order valence-corrected chi connectivity index (χ4v) is 4.42. The number of hydrogen-bond donors (Lipinski definition) is 0. The third kappa shape index (κ3) is 3.74. The summed E-state index contributed by atoms with van der Waals surface area (Å²) in [6.07, 6.45) is 0.636. The number of carbonyl (C=O) groups is 2. The molecule has 1 aliphatic rings. The van der Waals surface area contributed by atoms with Gasteiger partial charge in [-0.3, -0.25) is 9.59 Å². The van der Waals surface area contributed by atoms with Crippen LogP contribution in [0.2, 0.25) is 10.0 Å². The number of ketones is 2. The van der Waals surface area contributed by atoms with Gasteiger partial charge in [-0.15, -0.1) is 0 Å². The smallest absolute Gasteiger partial charge is 0.179 e. The first-order valence-corrected chi connectivity index (χ1v) is 10.2. The van der Waals surface area contributed by atoms with Gasteiger partial charge in [0, 0.05) is 5.56 Å². The number of carbonyl (C=O) groups excluding carboxylic acids is 2. The van der Waals surface area contributed by atoms with Crippen molar-refractivity contribution in [1.29, 1.82) is 0 Å². The Morgan fingerprint density at radius 3 is 2.14 bits per heavy atom. The van der Waals surface area contributed by atoms with Crippen LogP contribution in [0.1, 0.15) is 51.7 Å². The van der Waals surface area contributed by atoms with Crippen molar-refractivity contribution in [2.45, 2.75) is 58.2 Å². The van der Waals surface area contributed by atoms with Crippen LogP contribution in [0.15, 0.2) is 30.3 Å². The first-order valence-electron chi connectivity index (χ1n) is 9.46. The number of ether oxygens (including phenoxy) is 1. The van der Waals surface area contributed by atoms with E-state index in [1.165, 1.54) is 6.07 Å². The lowest BCUT2D eigenvalue weighted by Gasteiger charge is -2.43. The molecule has 2 aromatic rings. The van der Waals surface area contributed by atoms with Crippen molar-refractivity contribution < 1.29 is 18.7 Å². The van der Waals surface area contributed by atoms with Gasteiger partial charge in [-0.1, -0.05) is 48.3 Å². The van der Waals surface area contributed by atoms with Gasteiger partial charge in [-0.25, -0.2) is 4.39 Å². The van der Waals surface area contributed by atoms with Crippen LogP contribution < -0.4 is 0 Å². The Balaban J connectivity index is 2.22. The molecule has 3 rings (SSSR count). The zero-order chi connectivity index (χ0) is 21.7. The van der Waals surface area contributed by atoms with E-state index in [-0.39, 0.29) is 21.6 Å². The summed E-state index contributed by atoms with van der Waals surface area (Å²) < 4.78 is 20.0. The van der Waals surface area contributed by atoms with Gasteiger partial charge in [0.25, 0.3) is 0 Å². The SMILES string of the molecule is CCc1ccc(-c2ccc(Cl)c(F)c2Cl)cc1C1C(=O)C(C)(C)OC(C)(C)C1=O. The van der Waals surface area contributed by atoms with Gasteiger partial charge in [-0.05, 0) is 62.9 Å². The molecule has 154 valence electrons. The van der Waals surface area contributed by atoms with Crippen LogP contribution in [0.4, 0.5) is 4.39 Å². The van der Waals surface area contributed by atoms with Gasteiger partial charge in [-0.2, -0.15) is 0 Å². The Morgan fingerprint density at radius 2 is 1.59 bits per heavy atom. The topological polar surface area (TPSA) is 43.4 Å². The molecule has 0 unspecified atom stereocenters. The van der Waals surface area contributed by atoms with Gasteiger partial charge in [0.1, 0.15) is 17.1 Å². The summed E-state index contributed by atoms with van der Waals surface area (Å²) in [4.78, 5) is 26.4. The normalized spacial score (nSPS) is 18.9. The monoisotopic (exact) mass is 436 g/mol. The summed E-state index contributed by atoms with van der Waals surface area (Å²) in [7, 11) is 0. The van der Waals surface area contributed by atoms with Crippen LogP contribution in [0.3, 0.4) is 0 Å². The second kappa shape index (κ2) is 7.50. The fraction of sp³-hybridized carbons (Fsp3) is 0.391. The lowest BCUT2D eigenvalue weighted by Crippen LogP contribution is -2.58. The van der Waals surface area contributed by atoms with Crippen molar-refractivity contribution in [3.63, 3.8) is 0 Å². The molecule has 1 saturated heterocycles. The molecule has 0 N–H and O–H groups in total. The molecule has 0 saturated carbocycles. The fourth-order valence-electron chi connectivity index (χ4n) is 3.94. The van der Waals surface area contributed by atoms with E-state index in [0.29, 0.717) is 23.1 Å².